The molecule has 1 saturated carbocycles. The first-order valence-electron chi connectivity index (χ1n) is 12.9. The number of ether oxygens (including phenoxy) is 1. The standard InChI is InChI=1S/C27H32BrN7O2/c1-26(2,3)37-25(36)35-11-9-34(10-12-35)24-20-18(16-5-6-16)13-29-14-19(20)32-22(33-24)17-7-8-30-23-21(17)27(4,28)15-31-23/h7-8,13-14,16H,5-6,9-12,15H2,1-4H3,(H,30,31). The molecule has 0 radical (unpaired) electrons. The third-order valence-electron chi connectivity index (χ3n) is 7.17. The molecule has 37 heavy (non-hydrogen) atoms. The van der Waals surface area contributed by atoms with Gasteiger partial charge in [-0.2, -0.15) is 0 Å². The van der Waals surface area contributed by atoms with Crippen LogP contribution in [0.25, 0.3) is 22.3 Å². The van der Waals surface area contributed by atoms with Crippen molar-refractivity contribution in [2.24, 2.45) is 0 Å². The van der Waals surface area contributed by atoms with Crippen LogP contribution in [0.3, 0.4) is 0 Å². The summed E-state index contributed by atoms with van der Waals surface area (Å²) in [6.45, 7) is 11.1. The van der Waals surface area contributed by atoms with Gasteiger partial charge in [-0.15, -0.1) is 0 Å². The fourth-order valence-electron chi connectivity index (χ4n) is 5.22. The van der Waals surface area contributed by atoms with Gasteiger partial charge in [0.05, 0.1) is 16.0 Å². The molecule has 0 spiro atoms. The van der Waals surface area contributed by atoms with E-state index in [1.807, 2.05) is 39.2 Å². The van der Waals surface area contributed by atoms with Crippen LogP contribution in [0.2, 0.25) is 0 Å². The maximum Gasteiger partial charge on any atom is 0.410 e. The second-order valence-corrected chi connectivity index (χ2v) is 13.1. The lowest BCUT2D eigenvalue weighted by atomic mass is 9.98. The first kappa shape index (κ1) is 24.3. The second kappa shape index (κ2) is 8.79. The van der Waals surface area contributed by atoms with E-state index in [0.717, 1.165) is 40.2 Å². The van der Waals surface area contributed by atoms with Crippen LogP contribution < -0.4 is 10.2 Å². The molecule has 6 rings (SSSR count). The Morgan fingerprint density at radius 2 is 1.92 bits per heavy atom. The normalized spacial score (nSPS) is 21.6. The maximum absolute atomic E-state index is 12.7. The summed E-state index contributed by atoms with van der Waals surface area (Å²) in [5.74, 6) is 2.95. The van der Waals surface area contributed by atoms with Crippen LogP contribution >= 0.6 is 15.9 Å². The molecule has 2 fully saturated rings. The van der Waals surface area contributed by atoms with Crippen LogP contribution in [-0.4, -0.2) is 69.3 Å². The summed E-state index contributed by atoms with van der Waals surface area (Å²) >= 11 is 3.88. The number of hydrogen-bond donors (Lipinski definition) is 1. The van der Waals surface area contributed by atoms with Gasteiger partial charge >= 0.3 is 6.09 Å². The number of nitrogens with zero attached hydrogens (tertiary/aromatic N) is 6. The van der Waals surface area contributed by atoms with E-state index in [1.54, 1.807) is 11.1 Å². The summed E-state index contributed by atoms with van der Waals surface area (Å²) in [6.07, 6.45) is 7.70. The number of piperazine rings is 1. The lowest BCUT2D eigenvalue weighted by Crippen LogP contribution is -2.50. The third kappa shape index (κ3) is 4.60. The molecule has 3 aliphatic rings. The number of rotatable bonds is 3. The largest absolute Gasteiger partial charge is 0.444 e. The van der Waals surface area contributed by atoms with E-state index in [-0.39, 0.29) is 10.4 Å². The lowest BCUT2D eigenvalue weighted by molar-refractivity contribution is 0.0240. The average Bonchev–Trinajstić information content (AvgIpc) is 3.66. The van der Waals surface area contributed by atoms with E-state index < -0.39 is 5.60 Å². The number of hydrogen-bond acceptors (Lipinski definition) is 8. The molecule has 3 aromatic heterocycles. The molecule has 0 aromatic carbocycles. The zero-order chi connectivity index (χ0) is 25.9. The van der Waals surface area contributed by atoms with E-state index in [9.17, 15) is 4.79 Å². The molecule has 1 atom stereocenters. The summed E-state index contributed by atoms with van der Waals surface area (Å²) in [5.41, 5.74) is 3.59. The number of halogens is 1. The van der Waals surface area contributed by atoms with E-state index in [1.165, 1.54) is 18.4 Å². The van der Waals surface area contributed by atoms with Crippen LogP contribution in [0, 0.1) is 0 Å². The SMILES string of the molecule is CC(C)(C)OC(=O)N1CCN(c2nc(-c3ccnc4c3C(C)(Br)CN4)nc3cncc(C4CC4)c23)CC1. The van der Waals surface area contributed by atoms with Gasteiger partial charge in [0.15, 0.2) is 5.82 Å². The van der Waals surface area contributed by atoms with Crippen LogP contribution in [-0.2, 0) is 9.06 Å². The van der Waals surface area contributed by atoms with Crippen molar-refractivity contribution in [2.75, 3.05) is 42.9 Å². The molecular weight excluding hydrogens is 534 g/mol. The first-order chi connectivity index (χ1) is 17.6. The number of alkyl halides is 1. The van der Waals surface area contributed by atoms with Gasteiger partial charge < -0.3 is 19.9 Å². The molecule has 194 valence electrons. The number of amides is 1. The minimum Gasteiger partial charge on any atom is -0.444 e. The highest BCUT2D eigenvalue weighted by atomic mass is 79.9. The second-order valence-electron chi connectivity index (χ2n) is 11.4. The molecule has 1 saturated heterocycles. The van der Waals surface area contributed by atoms with Crippen molar-refractivity contribution < 1.29 is 9.53 Å². The molecule has 1 N–H and O–H groups in total. The van der Waals surface area contributed by atoms with Crippen LogP contribution in [0.1, 0.15) is 57.6 Å². The zero-order valence-electron chi connectivity index (χ0n) is 21.7. The predicted octanol–water partition coefficient (Wildman–Crippen LogP) is 5.06. The molecule has 5 heterocycles. The smallest absolute Gasteiger partial charge is 0.410 e. The molecule has 9 nitrogen and oxygen atoms in total. The maximum atomic E-state index is 12.7. The highest BCUT2D eigenvalue weighted by molar-refractivity contribution is 9.09. The zero-order valence-corrected chi connectivity index (χ0v) is 23.3. The summed E-state index contributed by atoms with van der Waals surface area (Å²) in [7, 11) is 0. The van der Waals surface area contributed by atoms with E-state index in [4.69, 9.17) is 14.7 Å². The lowest BCUT2D eigenvalue weighted by Gasteiger charge is -2.36. The number of pyridine rings is 2. The van der Waals surface area contributed by atoms with Gasteiger partial charge in [-0.05, 0) is 58.1 Å². The Morgan fingerprint density at radius 3 is 2.62 bits per heavy atom. The monoisotopic (exact) mass is 565 g/mol. The topological polar surface area (TPSA) is 96.4 Å². The summed E-state index contributed by atoms with van der Waals surface area (Å²) in [6, 6.07) is 1.99. The number of fused-ring (bicyclic) bond motifs is 2. The Labute approximate surface area is 225 Å². The molecule has 1 amide bonds. The Bertz CT molecular complexity index is 1380. The van der Waals surface area contributed by atoms with E-state index in [2.05, 4.69) is 43.0 Å². The van der Waals surface area contributed by atoms with Crippen molar-refractivity contribution in [3.8, 4) is 11.4 Å². The molecule has 0 bridgehead atoms. The summed E-state index contributed by atoms with van der Waals surface area (Å²) in [5, 5.41) is 4.47. The van der Waals surface area contributed by atoms with Gasteiger partial charge in [-0.1, -0.05) is 15.9 Å². The number of anilines is 2. The molecule has 10 heteroatoms. The van der Waals surface area contributed by atoms with Gasteiger partial charge in [0.25, 0.3) is 0 Å². The quantitative estimate of drug-likeness (QED) is 0.440. The van der Waals surface area contributed by atoms with Gasteiger partial charge in [0.1, 0.15) is 17.2 Å². The van der Waals surface area contributed by atoms with Crippen LogP contribution in [0.5, 0.6) is 0 Å². The fourth-order valence-corrected chi connectivity index (χ4v) is 5.76. The van der Waals surface area contributed by atoms with Gasteiger partial charge in [0, 0.05) is 61.6 Å². The third-order valence-corrected chi connectivity index (χ3v) is 7.84. The molecule has 1 unspecified atom stereocenters. The van der Waals surface area contributed by atoms with E-state index in [0.29, 0.717) is 37.9 Å². The minimum atomic E-state index is -0.512. The first-order valence-corrected chi connectivity index (χ1v) is 13.7. The van der Waals surface area contributed by atoms with Crippen molar-refractivity contribution in [2.45, 2.75) is 56.4 Å². The Hall–Kier alpha value is -3.01. The Kier molecular flexibility index (Phi) is 5.78. The van der Waals surface area contributed by atoms with Crippen molar-refractivity contribution in [1.82, 2.24) is 24.8 Å². The number of aromatic nitrogens is 4. The number of carbonyl (C=O) groups excluding carboxylic acids is 1. The summed E-state index contributed by atoms with van der Waals surface area (Å²) in [4.78, 5) is 36.1. The highest BCUT2D eigenvalue weighted by Gasteiger charge is 2.37. The molecule has 2 aliphatic heterocycles. The molecule has 3 aromatic rings. The van der Waals surface area contributed by atoms with Crippen molar-refractivity contribution >= 4 is 44.6 Å². The number of carbonyl (C=O) groups is 1. The van der Waals surface area contributed by atoms with Gasteiger partial charge in [0.2, 0.25) is 0 Å². The average molecular weight is 567 g/mol. The van der Waals surface area contributed by atoms with E-state index >= 15 is 0 Å². The minimum absolute atomic E-state index is 0.264. The molecular formula is C27H32BrN7O2. The van der Waals surface area contributed by atoms with Crippen molar-refractivity contribution in [3.05, 3.63) is 35.8 Å². The fraction of sp³-hybridized carbons (Fsp3) is 0.519. The predicted molar refractivity (Wildman–Crippen MR) is 147 cm³/mol. The Morgan fingerprint density at radius 1 is 1.16 bits per heavy atom. The summed E-state index contributed by atoms with van der Waals surface area (Å²) < 4.78 is 5.34. The van der Waals surface area contributed by atoms with Crippen molar-refractivity contribution in [1.29, 1.82) is 0 Å². The Balaban J connectivity index is 1.41. The van der Waals surface area contributed by atoms with Gasteiger partial charge in [-0.3, -0.25) is 4.98 Å². The highest BCUT2D eigenvalue weighted by Crippen LogP contribution is 2.47. The number of nitrogens with one attached hydrogen (secondary N) is 1. The van der Waals surface area contributed by atoms with Crippen molar-refractivity contribution in [3.63, 3.8) is 0 Å². The van der Waals surface area contributed by atoms with Crippen LogP contribution in [0.15, 0.2) is 24.7 Å². The van der Waals surface area contributed by atoms with Gasteiger partial charge in [-0.25, -0.2) is 19.7 Å². The molecule has 1 aliphatic carbocycles. The van der Waals surface area contributed by atoms with Crippen LogP contribution in [0.4, 0.5) is 16.4 Å².